The third kappa shape index (κ3) is 5.74. The molecule has 1 amide bonds. The maximum Gasteiger partial charge on any atom is 0.254 e. The predicted molar refractivity (Wildman–Crippen MR) is 122 cm³/mol. The summed E-state index contributed by atoms with van der Waals surface area (Å²) in [4.78, 5) is 19.6. The number of hydrogen-bond donors (Lipinski definition) is 1. The molecule has 5 heteroatoms. The van der Waals surface area contributed by atoms with Crippen molar-refractivity contribution in [1.82, 2.24) is 9.88 Å². The van der Waals surface area contributed by atoms with Crippen LogP contribution in [0.15, 0.2) is 42.7 Å². The second-order valence-corrected chi connectivity index (χ2v) is 8.53. The second-order valence-electron chi connectivity index (χ2n) is 8.53. The van der Waals surface area contributed by atoms with Gasteiger partial charge in [-0.2, -0.15) is 0 Å². The summed E-state index contributed by atoms with van der Waals surface area (Å²) in [5, 5.41) is 3.38. The predicted octanol–water partition coefficient (Wildman–Crippen LogP) is 5.80. The van der Waals surface area contributed by atoms with Gasteiger partial charge in [-0.1, -0.05) is 26.2 Å². The van der Waals surface area contributed by atoms with E-state index in [-0.39, 0.29) is 18.2 Å². The van der Waals surface area contributed by atoms with Gasteiger partial charge in [-0.25, -0.2) is 0 Å². The number of carbonyl (C=O) groups is 1. The van der Waals surface area contributed by atoms with Gasteiger partial charge in [0.2, 0.25) is 0 Å². The van der Waals surface area contributed by atoms with Crippen LogP contribution in [0, 0.1) is 6.92 Å². The number of aryl methyl sites for hydroxylation is 1. The lowest BCUT2D eigenvalue weighted by molar-refractivity contribution is 0.0554. The summed E-state index contributed by atoms with van der Waals surface area (Å²) in [6.07, 6.45) is 10.0. The van der Waals surface area contributed by atoms with Crippen LogP contribution in [-0.4, -0.2) is 34.1 Å². The molecule has 3 rings (SSSR count). The smallest absolute Gasteiger partial charge is 0.254 e. The number of pyridine rings is 1. The first-order chi connectivity index (χ1) is 14.5. The van der Waals surface area contributed by atoms with Crippen LogP contribution >= 0.6 is 0 Å². The van der Waals surface area contributed by atoms with E-state index in [2.05, 4.69) is 36.0 Å². The Kier molecular flexibility index (Phi) is 7.72. The molecule has 1 unspecified atom stereocenters. The van der Waals surface area contributed by atoms with E-state index in [0.29, 0.717) is 11.6 Å². The first-order valence-corrected chi connectivity index (χ1v) is 11.3. The van der Waals surface area contributed by atoms with Crippen LogP contribution in [0.1, 0.15) is 75.2 Å². The third-order valence-electron chi connectivity index (χ3n) is 5.71. The zero-order valence-corrected chi connectivity index (χ0v) is 18.7. The molecule has 0 spiro atoms. The number of amides is 1. The fourth-order valence-electron chi connectivity index (χ4n) is 4.28. The largest absolute Gasteiger partial charge is 0.471 e. The standard InChI is InChI=1S/C25H35N3O2/c1-5-24(27-21-11-13-26-14-12-21)30-23-16-19(4)15-20(17-23)25(29)28(18(2)3)22-9-7-6-8-10-22/h11-18,22,24H,5-10H2,1-4H3,(H,26,27). The molecule has 1 aromatic heterocycles. The number of benzene rings is 1. The average Bonchev–Trinajstić information content (AvgIpc) is 2.74. The van der Waals surface area contributed by atoms with Gasteiger partial charge in [0.05, 0.1) is 0 Å². The molecular formula is C25H35N3O2. The van der Waals surface area contributed by atoms with Gasteiger partial charge < -0.3 is 15.0 Å². The van der Waals surface area contributed by atoms with Gasteiger partial charge >= 0.3 is 0 Å². The molecule has 1 heterocycles. The Bertz CT molecular complexity index is 816. The number of rotatable bonds is 8. The summed E-state index contributed by atoms with van der Waals surface area (Å²) in [7, 11) is 0. The molecule has 162 valence electrons. The normalized spacial score (nSPS) is 15.6. The van der Waals surface area contributed by atoms with Gasteiger partial charge in [-0.15, -0.1) is 0 Å². The molecule has 5 nitrogen and oxygen atoms in total. The molecule has 1 atom stereocenters. The number of ether oxygens (including phenoxy) is 1. The molecule has 1 aliphatic carbocycles. The van der Waals surface area contributed by atoms with Crippen molar-refractivity contribution >= 4 is 11.6 Å². The molecule has 1 N–H and O–H groups in total. The number of carbonyl (C=O) groups excluding carboxylic acids is 1. The fourth-order valence-corrected chi connectivity index (χ4v) is 4.28. The highest BCUT2D eigenvalue weighted by atomic mass is 16.5. The monoisotopic (exact) mass is 409 g/mol. The van der Waals surface area contributed by atoms with Crippen molar-refractivity contribution < 1.29 is 9.53 Å². The van der Waals surface area contributed by atoms with E-state index in [0.717, 1.165) is 36.3 Å². The third-order valence-corrected chi connectivity index (χ3v) is 5.71. The molecule has 1 aromatic carbocycles. The van der Waals surface area contributed by atoms with Crippen LogP contribution in [0.2, 0.25) is 0 Å². The van der Waals surface area contributed by atoms with Crippen LogP contribution in [0.5, 0.6) is 5.75 Å². The summed E-state index contributed by atoms with van der Waals surface area (Å²) >= 11 is 0. The van der Waals surface area contributed by atoms with Gasteiger partial charge in [0.15, 0.2) is 6.23 Å². The molecule has 1 aliphatic rings. The van der Waals surface area contributed by atoms with Gasteiger partial charge in [0.1, 0.15) is 5.75 Å². The zero-order chi connectivity index (χ0) is 21.5. The highest BCUT2D eigenvalue weighted by molar-refractivity contribution is 5.95. The quantitative estimate of drug-likeness (QED) is 0.560. The molecule has 0 bridgehead atoms. The van der Waals surface area contributed by atoms with E-state index < -0.39 is 0 Å². The summed E-state index contributed by atoms with van der Waals surface area (Å²) in [6, 6.07) is 10.2. The molecule has 2 aromatic rings. The molecule has 0 radical (unpaired) electrons. The van der Waals surface area contributed by atoms with Gasteiger partial charge in [0.25, 0.3) is 5.91 Å². The Morgan fingerprint density at radius 3 is 2.50 bits per heavy atom. The van der Waals surface area contributed by atoms with E-state index in [1.807, 2.05) is 37.3 Å². The van der Waals surface area contributed by atoms with Gasteiger partial charge in [0, 0.05) is 42.1 Å². The van der Waals surface area contributed by atoms with Gasteiger partial charge in [-0.05, 0) is 69.5 Å². The Balaban J connectivity index is 1.78. The lowest BCUT2D eigenvalue weighted by Crippen LogP contribution is -2.45. The average molecular weight is 410 g/mol. The minimum absolute atomic E-state index is 0.112. The SMILES string of the molecule is CCC(Nc1ccncc1)Oc1cc(C)cc(C(=O)N(C(C)C)C2CCCCC2)c1. The lowest BCUT2D eigenvalue weighted by atomic mass is 9.92. The highest BCUT2D eigenvalue weighted by Crippen LogP contribution is 2.27. The Hall–Kier alpha value is -2.56. The number of nitrogens with zero attached hydrogens (tertiary/aromatic N) is 2. The van der Waals surface area contributed by atoms with E-state index in [1.54, 1.807) is 12.4 Å². The van der Waals surface area contributed by atoms with E-state index in [1.165, 1.54) is 19.3 Å². The first kappa shape index (κ1) is 22.1. The number of hydrogen-bond acceptors (Lipinski definition) is 4. The van der Waals surface area contributed by atoms with E-state index >= 15 is 0 Å². The molecule has 1 fully saturated rings. The molecule has 0 saturated heterocycles. The zero-order valence-electron chi connectivity index (χ0n) is 18.7. The van der Waals surface area contributed by atoms with Crippen LogP contribution in [0.4, 0.5) is 5.69 Å². The van der Waals surface area contributed by atoms with Crippen molar-refractivity contribution in [1.29, 1.82) is 0 Å². The topological polar surface area (TPSA) is 54.5 Å². The fraction of sp³-hybridized carbons (Fsp3) is 0.520. The van der Waals surface area contributed by atoms with E-state index in [4.69, 9.17) is 4.74 Å². The summed E-state index contributed by atoms with van der Waals surface area (Å²) in [5.74, 6) is 0.833. The molecule has 0 aliphatic heterocycles. The number of aromatic nitrogens is 1. The van der Waals surface area contributed by atoms with Crippen molar-refractivity contribution in [3.05, 3.63) is 53.9 Å². The second kappa shape index (κ2) is 10.5. The molecular weight excluding hydrogens is 374 g/mol. The van der Waals surface area contributed by atoms with Crippen molar-refractivity contribution in [2.24, 2.45) is 0 Å². The summed E-state index contributed by atoms with van der Waals surface area (Å²) in [6.45, 7) is 8.32. The Morgan fingerprint density at radius 1 is 1.17 bits per heavy atom. The van der Waals surface area contributed by atoms with Crippen LogP contribution in [0.25, 0.3) is 0 Å². The van der Waals surface area contributed by atoms with Crippen molar-refractivity contribution in [3.63, 3.8) is 0 Å². The minimum Gasteiger partial charge on any atom is -0.471 e. The number of anilines is 1. The minimum atomic E-state index is -0.184. The highest BCUT2D eigenvalue weighted by Gasteiger charge is 2.28. The maximum atomic E-state index is 13.5. The number of nitrogens with one attached hydrogen (secondary N) is 1. The van der Waals surface area contributed by atoms with Crippen molar-refractivity contribution in [2.75, 3.05) is 5.32 Å². The van der Waals surface area contributed by atoms with Crippen LogP contribution < -0.4 is 10.1 Å². The lowest BCUT2D eigenvalue weighted by Gasteiger charge is -2.37. The summed E-state index contributed by atoms with van der Waals surface area (Å²) < 4.78 is 6.22. The Labute approximate surface area is 180 Å². The van der Waals surface area contributed by atoms with Gasteiger partial charge in [-0.3, -0.25) is 9.78 Å². The van der Waals surface area contributed by atoms with Crippen molar-refractivity contribution in [3.8, 4) is 5.75 Å². The Morgan fingerprint density at radius 2 is 1.87 bits per heavy atom. The molecule has 1 saturated carbocycles. The first-order valence-electron chi connectivity index (χ1n) is 11.3. The maximum absolute atomic E-state index is 13.5. The molecule has 30 heavy (non-hydrogen) atoms. The van der Waals surface area contributed by atoms with Crippen LogP contribution in [0.3, 0.4) is 0 Å². The van der Waals surface area contributed by atoms with Crippen molar-refractivity contribution in [2.45, 2.75) is 84.5 Å². The van der Waals surface area contributed by atoms with E-state index in [9.17, 15) is 4.79 Å². The van der Waals surface area contributed by atoms with Crippen LogP contribution in [-0.2, 0) is 0 Å². The summed E-state index contributed by atoms with van der Waals surface area (Å²) in [5.41, 5.74) is 2.70.